The number of amides is 3. The first-order valence-electron chi connectivity index (χ1n) is 13.8. The topological polar surface area (TPSA) is 74.7 Å². The van der Waals surface area contributed by atoms with Crippen LogP contribution in [0.3, 0.4) is 0 Å². The van der Waals surface area contributed by atoms with Gasteiger partial charge in [0.25, 0.3) is 0 Å². The lowest BCUT2D eigenvalue weighted by Gasteiger charge is -2.50. The molecule has 3 unspecified atom stereocenters. The van der Waals surface area contributed by atoms with Crippen LogP contribution >= 0.6 is 23.2 Å². The predicted octanol–water partition coefficient (Wildman–Crippen LogP) is 4.40. The molecule has 2 fully saturated rings. The molecule has 2 saturated heterocycles. The van der Waals surface area contributed by atoms with Crippen molar-refractivity contribution >= 4 is 35.1 Å². The van der Waals surface area contributed by atoms with Gasteiger partial charge in [0.05, 0.1) is 12.6 Å². The second kappa shape index (κ2) is 12.1. The zero-order valence-electron chi connectivity index (χ0n) is 23.7. The Kier molecular flexibility index (Phi) is 9.29. The second-order valence-electron chi connectivity index (χ2n) is 12.2. The summed E-state index contributed by atoms with van der Waals surface area (Å²) in [5.74, 6) is 0.151. The van der Waals surface area contributed by atoms with E-state index in [-0.39, 0.29) is 41.5 Å². The molecule has 0 saturated carbocycles. The number of piperazine rings is 2. The van der Waals surface area contributed by atoms with Gasteiger partial charge in [-0.05, 0) is 54.7 Å². The van der Waals surface area contributed by atoms with Gasteiger partial charge in [0.15, 0.2) is 0 Å². The molecular formula is C30H42Cl2N5O2+. The standard InChI is InChI=1S/C30H41Cl2N5O2/c1-20-16-34(17-21(2)37(20)29(33)39)19-27(38)36-15-14-35(18-26(36)30(3,4)5)28(22-6-10-24(31)11-7-22)23-8-12-25(32)13-9-23/h6-13,20-21,26,28H,14-19H2,1-5H3,(H2,33,39)/p+1. The average Bonchev–Trinajstić information content (AvgIpc) is 2.85. The van der Waals surface area contributed by atoms with E-state index in [1.807, 2.05) is 43.0 Å². The quantitative estimate of drug-likeness (QED) is 0.574. The van der Waals surface area contributed by atoms with Gasteiger partial charge in [-0.1, -0.05) is 68.2 Å². The summed E-state index contributed by atoms with van der Waals surface area (Å²) >= 11 is 12.5. The van der Waals surface area contributed by atoms with Crippen LogP contribution in [-0.2, 0) is 4.79 Å². The SMILES string of the molecule is CC1CN(CC(=O)N2CCN(C(c3ccc(Cl)cc3)c3ccc(Cl)cc3)CC2C(C)(C)C)CC(C)N1C([NH3+])=O. The van der Waals surface area contributed by atoms with Gasteiger partial charge < -0.3 is 4.90 Å². The summed E-state index contributed by atoms with van der Waals surface area (Å²) in [6.07, 6.45) is 0. The van der Waals surface area contributed by atoms with E-state index in [1.165, 1.54) is 0 Å². The highest BCUT2D eigenvalue weighted by Crippen LogP contribution is 2.36. The van der Waals surface area contributed by atoms with Crippen molar-refractivity contribution in [2.45, 2.75) is 58.8 Å². The lowest BCUT2D eigenvalue weighted by atomic mass is 9.83. The average molecular weight is 576 g/mol. The van der Waals surface area contributed by atoms with Gasteiger partial charge in [0.1, 0.15) is 0 Å². The van der Waals surface area contributed by atoms with E-state index in [1.54, 1.807) is 0 Å². The molecule has 2 heterocycles. The van der Waals surface area contributed by atoms with Crippen molar-refractivity contribution in [1.82, 2.24) is 19.6 Å². The van der Waals surface area contributed by atoms with Crippen molar-refractivity contribution in [3.8, 4) is 0 Å². The number of rotatable bonds is 5. The molecule has 0 aliphatic carbocycles. The number of nitrogens with zero attached hydrogens (tertiary/aromatic N) is 4. The molecule has 2 aromatic rings. The highest BCUT2D eigenvalue weighted by molar-refractivity contribution is 6.30. The van der Waals surface area contributed by atoms with Crippen molar-refractivity contribution in [2.24, 2.45) is 5.41 Å². The van der Waals surface area contributed by atoms with E-state index in [2.05, 4.69) is 65.5 Å². The Labute approximate surface area is 242 Å². The fourth-order valence-electron chi connectivity index (χ4n) is 6.32. The Hall–Kier alpha value is -2.16. The van der Waals surface area contributed by atoms with Gasteiger partial charge in [-0.15, -0.1) is 0 Å². The molecule has 39 heavy (non-hydrogen) atoms. The largest absolute Gasteiger partial charge is 0.414 e. The van der Waals surface area contributed by atoms with E-state index in [0.717, 1.165) is 24.2 Å². The first-order chi connectivity index (χ1) is 18.3. The predicted molar refractivity (Wildman–Crippen MR) is 157 cm³/mol. The van der Waals surface area contributed by atoms with Crippen LogP contribution in [0.1, 0.15) is 51.8 Å². The van der Waals surface area contributed by atoms with Crippen molar-refractivity contribution in [3.63, 3.8) is 0 Å². The zero-order valence-corrected chi connectivity index (χ0v) is 25.3. The van der Waals surface area contributed by atoms with Gasteiger partial charge in [0, 0.05) is 60.9 Å². The van der Waals surface area contributed by atoms with Crippen LogP contribution in [0.5, 0.6) is 0 Å². The van der Waals surface area contributed by atoms with E-state index in [0.29, 0.717) is 36.2 Å². The molecule has 3 amide bonds. The fraction of sp³-hybridized carbons (Fsp3) is 0.533. The lowest BCUT2D eigenvalue weighted by molar-refractivity contribution is -0.272. The highest BCUT2D eigenvalue weighted by Gasteiger charge is 2.41. The Bertz CT molecular complexity index is 1090. The molecular weight excluding hydrogens is 533 g/mol. The maximum atomic E-state index is 13.8. The summed E-state index contributed by atoms with van der Waals surface area (Å²) in [4.78, 5) is 34.3. The first kappa shape index (κ1) is 29.8. The van der Waals surface area contributed by atoms with Gasteiger partial charge in [-0.3, -0.25) is 25.2 Å². The number of carbonyl (C=O) groups excluding carboxylic acids is 2. The molecule has 2 aliphatic rings. The molecule has 9 heteroatoms. The summed E-state index contributed by atoms with van der Waals surface area (Å²) in [5, 5.41) is 1.42. The van der Waals surface area contributed by atoms with Crippen LogP contribution in [0, 0.1) is 5.41 Å². The smallest absolute Gasteiger partial charge is 0.336 e. The molecule has 2 aromatic carbocycles. The number of urea groups is 1. The van der Waals surface area contributed by atoms with Gasteiger partial charge in [-0.25, -0.2) is 4.79 Å². The Morgan fingerprint density at radius 3 is 1.79 bits per heavy atom. The Balaban J connectivity index is 1.55. The molecule has 0 aromatic heterocycles. The molecule has 0 radical (unpaired) electrons. The van der Waals surface area contributed by atoms with Crippen LogP contribution < -0.4 is 5.73 Å². The second-order valence-corrected chi connectivity index (χ2v) is 13.0. The molecule has 3 N–H and O–H groups in total. The summed E-state index contributed by atoms with van der Waals surface area (Å²) < 4.78 is 0. The first-order valence-corrected chi connectivity index (χ1v) is 14.5. The minimum absolute atomic E-state index is 0.0246. The van der Waals surface area contributed by atoms with Crippen molar-refractivity contribution in [3.05, 3.63) is 69.7 Å². The number of hydrogen-bond acceptors (Lipinski definition) is 4. The molecule has 3 atom stereocenters. The van der Waals surface area contributed by atoms with Gasteiger partial charge in [0.2, 0.25) is 5.91 Å². The number of quaternary nitrogens is 1. The normalized spacial score (nSPS) is 23.4. The van der Waals surface area contributed by atoms with Gasteiger partial charge in [-0.2, -0.15) is 0 Å². The lowest BCUT2D eigenvalue weighted by Crippen LogP contribution is -2.72. The van der Waals surface area contributed by atoms with E-state index < -0.39 is 0 Å². The highest BCUT2D eigenvalue weighted by atomic mass is 35.5. The maximum Gasteiger partial charge on any atom is 0.414 e. The van der Waals surface area contributed by atoms with Crippen LogP contribution in [0.2, 0.25) is 10.0 Å². The van der Waals surface area contributed by atoms with Crippen LogP contribution in [0.4, 0.5) is 4.79 Å². The van der Waals surface area contributed by atoms with Crippen molar-refractivity contribution in [2.75, 3.05) is 39.3 Å². The van der Waals surface area contributed by atoms with Crippen LogP contribution in [0.15, 0.2) is 48.5 Å². The van der Waals surface area contributed by atoms with Crippen molar-refractivity contribution < 1.29 is 15.3 Å². The fourth-order valence-corrected chi connectivity index (χ4v) is 6.57. The summed E-state index contributed by atoms with van der Waals surface area (Å²) in [6, 6.07) is 16.1. The number of carbonyl (C=O) groups is 2. The molecule has 4 rings (SSSR count). The van der Waals surface area contributed by atoms with Gasteiger partial charge >= 0.3 is 6.03 Å². The Morgan fingerprint density at radius 2 is 1.36 bits per heavy atom. The summed E-state index contributed by atoms with van der Waals surface area (Å²) in [5.41, 5.74) is 5.82. The minimum atomic E-state index is -0.152. The maximum absolute atomic E-state index is 13.8. The molecule has 2 aliphatic heterocycles. The monoisotopic (exact) mass is 574 g/mol. The van der Waals surface area contributed by atoms with Crippen LogP contribution in [0.25, 0.3) is 0 Å². The number of halogens is 2. The third-order valence-electron chi connectivity index (χ3n) is 8.11. The molecule has 7 nitrogen and oxygen atoms in total. The third-order valence-corrected chi connectivity index (χ3v) is 8.61. The Morgan fingerprint density at radius 1 is 0.872 bits per heavy atom. The van der Waals surface area contributed by atoms with E-state index in [4.69, 9.17) is 23.2 Å². The summed E-state index contributed by atoms with van der Waals surface area (Å²) in [6.45, 7) is 14.6. The molecule has 0 bridgehead atoms. The van der Waals surface area contributed by atoms with Crippen LogP contribution in [-0.4, -0.2) is 88.9 Å². The van der Waals surface area contributed by atoms with Crippen molar-refractivity contribution in [1.29, 1.82) is 0 Å². The number of hydrogen-bond donors (Lipinski definition) is 1. The zero-order chi connectivity index (χ0) is 28.5. The minimum Gasteiger partial charge on any atom is -0.336 e. The molecule has 212 valence electrons. The summed E-state index contributed by atoms with van der Waals surface area (Å²) in [7, 11) is 0. The third kappa shape index (κ3) is 6.95. The van der Waals surface area contributed by atoms with E-state index in [9.17, 15) is 9.59 Å². The number of benzene rings is 2. The molecule has 0 spiro atoms. The van der Waals surface area contributed by atoms with E-state index >= 15 is 0 Å².